The molecular weight excluding hydrogens is 289 g/mol. The van der Waals surface area contributed by atoms with Crippen LogP contribution >= 0.6 is 0 Å². The standard InChI is InChI=1S/C19H22FN3/c20-16-4-1-3-14(11-16)12-23-13-22-19-17(5-2-6-18(19)23)15-7-9-21-10-8-15/h1-6,11,15,21-22H,7-10,12-13H2. The van der Waals surface area contributed by atoms with Crippen molar-refractivity contribution in [1.82, 2.24) is 5.32 Å². The minimum atomic E-state index is -0.168. The first-order chi connectivity index (χ1) is 11.3. The molecule has 120 valence electrons. The van der Waals surface area contributed by atoms with Gasteiger partial charge in [0.2, 0.25) is 0 Å². The van der Waals surface area contributed by atoms with Crippen molar-refractivity contribution in [3.63, 3.8) is 0 Å². The highest BCUT2D eigenvalue weighted by atomic mass is 19.1. The molecule has 4 heteroatoms. The molecule has 0 bridgehead atoms. The van der Waals surface area contributed by atoms with Gasteiger partial charge in [-0.05, 0) is 61.2 Å². The van der Waals surface area contributed by atoms with Gasteiger partial charge in [0.05, 0.1) is 18.0 Å². The molecule has 0 aromatic heterocycles. The van der Waals surface area contributed by atoms with Crippen molar-refractivity contribution >= 4 is 11.4 Å². The summed E-state index contributed by atoms with van der Waals surface area (Å²) >= 11 is 0. The van der Waals surface area contributed by atoms with Crippen LogP contribution in [-0.2, 0) is 6.54 Å². The van der Waals surface area contributed by atoms with Gasteiger partial charge in [-0.1, -0.05) is 24.3 Å². The fourth-order valence-electron chi connectivity index (χ4n) is 3.74. The van der Waals surface area contributed by atoms with Gasteiger partial charge in [0.25, 0.3) is 0 Å². The normalized spacial score (nSPS) is 17.9. The molecule has 2 N–H and O–H groups in total. The van der Waals surface area contributed by atoms with Crippen molar-refractivity contribution in [3.8, 4) is 0 Å². The van der Waals surface area contributed by atoms with E-state index in [2.05, 4.69) is 33.7 Å². The van der Waals surface area contributed by atoms with E-state index in [-0.39, 0.29) is 5.82 Å². The smallest absolute Gasteiger partial charge is 0.123 e. The zero-order valence-electron chi connectivity index (χ0n) is 13.2. The van der Waals surface area contributed by atoms with Gasteiger partial charge in [0.15, 0.2) is 0 Å². The Labute approximate surface area is 136 Å². The molecule has 0 unspecified atom stereocenters. The zero-order valence-corrected chi connectivity index (χ0v) is 13.2. The predicted octanol–water partition coefficient (Wildman–Crippen LogP) is 3.68. The van der Waals surface area contributed by atoms with Gasteiger partial charge in [0.1, 0.15) is 5.82 Å². The topological polar surface area (TPSA) is 27.3 Å². The molecule has 4 rings (SSSR count). The highest BCUT2D eigenvalue weighted by Crippen LogP contribution is 2.40. The second kappa shape index (κ2) is 6.20. The van der Waals surface area contributed by atoms with Gasteiger partial charge in [0, 0.05) is 6.54 Å². The van der Waals surface area contributed by atoms with Crippen LogP contribution < -0.4 is 15.5 Å². The number of nitrogens with one attached hydrogen (secondary N) is 2. The molecule has 0 aliphatic carbocycles. The van der Waals surface area contributed by atoms with Gasteiger partial charge < -0.3 is 15.5 Å². The SMILES string of the molecule is Fc1cccc(CN2CNc3c(C4CCNCC4)cccc32)c1. The number of halogens is 1. The summed E-state index contributed by atoms with van der Waals surface area (Å²) in [7, 11) is 0. The van der Waals surface area contributed by atoms with Gasteiger partial charge in [-0.2, -0.15) is 0 Å². The monoisotopic (exact) mass is 311 g/mol. The Bertz CT molecular complexity index is 695. The maximum Gasteiger partial charge on any atom is 0.123 e. The molecular formula is C19H22FN3. The lowest BCUT2D eigenvalue weighted by Gasteiger charge is -2.25. The quantitative estimate of drug-likeness (QED) is 0.905. The van der Waals surface area contributed by atoms with Crippen molar-refractivity contribution < 1.29 is 4.39 Å². The third-order valence-corrected chi connectivity index (χ3v) is 4.90. The lowest BCUT2D eigenvalue weighted by atomic mass is 9.88. The Morgan fingerprint density at radius 3 is 2.74 bits per heavy atom. The number of nitrogens with zero attached hydrogens (tertiary/aromatic N) is 1. The molecule has 2 aromatic rings. The first-order valence-corrected chi connectivity index (χ1v) is 8.38. The fourth-order valence-corrected chi connectivity index (χ4v) is 3.74. The van der Waals surface area contributed by atoms with Crippen LogP contribution in [0.1, 0.15) is 29.9 Å². The first-order valence-electron chi connectivity index (χ1n) is 8.38. The van der Waals surface area contributed by atoms with E-state index in [1.807, 2.05) is 6.07 Å². The number of benzene rings is 2. The molecule has 0 radical (unpaired) electrons. The summed E-state index contributed by atoms with van der Waals surface area (Å²) in [6.45, 7) is 3.71. The number of piperidine rings is 1. The van der Waals surface area contributed by atoms with Gasteiger partial charge in [-0.3, -0.25) is 0 Å². The number of para-hydroxylation sites is 1. The number of fused-ring (bicyclic) bond motifs is 1. The average Bonchev–Trinajstić information content (AvgIpc) is 2.99. The van der Waals surface area contributed by atoms with Crippen molar-refractivity contribution in [2.75, 3.05) is 30.0 Å². The minimum absolute atomic E-state index is 0.168. The van der Waals surface area contributed by atoms with Crippen LogP contribution in [0.2, 0.25) is 0 Å². The average molecular weight is 311 g/mol. The molecule has 0 spiro atoms. The molecule has 3 nitrogen and oxygen atoms in total. The Kier molecular flexibility index (Phi) is 3.92. The summed E-state index contributed by atoms with van der Waals surface area (Å²) < 4.78 is 13.4. The van der Waals surface area contributed by atoms with Crippen LogP contribution in [0.15, 0.2) is 42.5 Å². The van der Waals surface area contributed by atoms with E-state index in [1.54, 1.807) is 12.1 Å². The molecule has 0 amide bonds. The van der Waals surface area contributed by atoms with E-state index < -0.39 is 0 Å². The summed E-state index contributed by atoms with van der Waals surface area (Å²) in [5, 5.41) is 7.00. The van der Waals surface area contributed by atoms with Crippen molar-refractivity contribution in [2.45, 2.75) is 25.3 Å². The van der Waals surface area contributed by atoms with Crippen LogP contribution in [0.4, 0.5) is 15.8 Å². The second-order valence-corrected chi connectivity index (χ2v) is 6.43. The van der Waals surface area contributed by atoms with Crippen molar-refractivity contribution in [1.29, 1.82) is 0 Å². The lowest BCUT2D eigenvalue weighted by Crippen LogP contribution is -2.26. The molecule has 2 aliphatic rings. The maximum atomic E-state index is 13.4. The second-order valence-electron chi connectivity index (χ2n) is 6.43. The Balaban J connectivity index is 1.59. The van der Waals surface area contributed by atoms with Crippen LogP contribution in [0.25, 0.3) is 0 Å². The Morgan fingerprint density at radius 2 is 1.91 bits per heavy atom. The molecule has 1 fully saturated rings. The van der Waals surface area contributed by atoms with Crippen LogP contribution in [-0.4, -0.2) is 19.8 Å². The Hall–Kier alpha value is -2.07. The molecule has 1 saturated heterocycles. The zero-order chi connectivity index (χ0) is 15.6. The van der Waals surface area contributed by atoms with Crippen molar-refractivity contribution in [2.24, 2.45) is 0 Å². The number of anilines is 2. The summed E-state index contributed by atoms with van der Waals surface area (Å²) in [6, 6.07) is 13.5. The summed E-state index contributed by atoms with van der Waals surface area (Å²) in [5.41, 5.74) is 4.96. The summed E-state index contributed by atoms with van der Waals surface area (Å²) in [5.74, 6) is 0.464. The molecule has 2 heterocycles. The molecule has 2 aliphatic heterocycles. The number of rotatable bonds is 3. The maximum absolute atomic E-state index is 13.4. The van der Waals surface area contributed by atoms with Crippen molar-refractivity contribution in [3.05, 3.63) is 59.4 Å². The first kappa shape index (κ1) is 14.5. The van der Waals surface area contributed by atoms with Gasteiger partial charge in [-0.15, -0.1) is 0 Å². The molecule has 2 aromatic carbocycles. The van der Waals surface area contributed by atoms with Crippen LogP contribution in [0.5, 0.6) is 0 Å². The third-order valence-electron chi connectivity index (χ3n) is 4.90. The third kappa shape index (κ3) is 2.91. The fraction of sp³-hybridized carbons (Fsp3) is 0.368. The minimum Gasteiger partial charge on any atom is -0.366 e. The van der Waals surface area contributed by atoms with E-state index in [9.17, 15) is 4.39 Å². The summed E-state index contributed by atoms with van der Waals surface area (Å²) in [6.07, 6.45) is 2.39. The van der Waals surface area contributed by atoms with E-state index in [0.29, 0.717) is 5.92 Å². The largest absolute Gasteiger partial charge is 0.366 e. The lowest BCUT2D eigenvalue weighted by molar-refractivity contribution is 0.461. The predicted molar refractivity (Wildman–Crippen MR) is 92.4 cm³/mol. The van der Waals surface area contributed by atoms with E-state index >= 15 is 0 Å². The van der Waals surface area contributed by atoms with Gasteiger partial charge >= 0.3 is 0 Å². The van der Waals surface area contributed by atoms with Gasteiger partial charge in [-0.25, -0.2) is 4.39 Å². The van der Waals surface area contributed by atoms with E-state index in [4.69, 9.17) is 0 Å². The van der Waals surface area contributed by atoms with Crippen LogP contribution in [0.3, 0.4) is 0 Å². The highest BCUT2D eigenvalue weighted by Gasteiger charge is 2.25. The molecule has 0 atom stereocenters. The Morgan fingerprint density at radius 1 is 1.09 bits per heavy atom. The van der Waals surface area contributed by atoms with E-state index in [0.717, 1.165) is 31.9 Å². The summed E-state index contributed by atoms with van der Waals surface area (Å²) in [4.78, 5) is 2.29. The molecule has 23 heavy (non-hydrogen) atoms. The molecule has 0 saturated carbocycles. The number of hydrogen-bond acceptors (Lipinski definition) is 3. The highest BCUT2D eigenvalue weighted by molar-refractivity contribution is 5.78. The van der Waals surface area contributed by atoms with E-state index in [1.165, 1.54) is 35.8 Å². The number of hydrogen-bond donors (Lipinski definition) is 2. The van der Waals surface area contributed by atoms with Crippen LogP contribution in [0, 0.1) is 5.82 Å².